The van der Waals surface area contributed by atoms with Crippen LogP contribution < -0.4 is 10.1 Å². The molecule has 0 aliphatic carbocycles. The van der Waals surface area contributed by atoms with Crippen LogP contribution in [0.2, 0.25) is 0 Å². The van der Waals surface area contributed by atoms with Gasteiger partial charge in [-0.3, -0.25) is 9.59 Å². The summed E-state index contributed by atoms with van der Waals surface area (Å²) in [6.07, 6.45) is 7.03. The standard InChI is InChI=1S/C20H26N2O5/c1-5-6-7-8-11-27-17-10-9-16(12-14(17)2)19(24)21-13-18(23)22(4)15(3)20(25)26/h5,8-12,15H,1,6-7,13H2,2-4H3,(H,21,24)(H,25,26)/b11-8+/t15-/m0/s1. The minimum absolute atomic E-state index is 0.281. The van der Waals surface area contributed by atoms with E-state index in [1.807, 2.05) is 19.1 Å². The fraction of sp³-hybridized carbons (Fsp3) is 0.350. The summed E-state index contributed by atoms with van der Waals surface area (Å²) in [6, 6.07) is 3.98. The van der Waals surface area contributed by atoms with E-state index in [0.717, 1.165) is 23.3 Å². The van der Waals surface area contributed by atoms with Crippen molar-refractivity contribution in [2.45, 2.75) is 32.7 Å². The lowest BCUT2D eigenvalue weighted by Gasteiger charge is -2.21. The van der Waals surface area contributed by atoms with E-state index in [1.54, 1.807) is 24.5 Å². The molecule has 0 heterocycles. The van der Waals surface area contributed by atoms with Gasteiger partial charge in [-0.15, -0.1) is 6.58 Å². The maximum atomic E-state index is 12.2. The highest BCUT2D eigenvalue weighted by molar-refractivity contribution is 5.97. The average molecular weight is 374 g/mol. The second-order valence-electron chi connectivity index (χ2n) is 6.04. The topological polar surface area (TPSA) is 95.9 Å². The number of carboxylic acids is 1. The van der Waals surface area contributed by atoms with Gasteiger partial charge in [0.15, 0.2) is 0 Å². The summed E-state index contributed by atoms with van der Waals surface area (Å²) in [5, 5.41) is 11.4. The maximum absolute atomic E-state index is 12.2. The Kier molecular flexibility index (Phi) is 8.78. The van der Waals surface area contributed by atoms with E-state index in [-0.39, 0.29) is 6.54 Å². The number of allylic oxidation sites excluding steroid dienone is 2. The van der Waals surface area contributed by atoms with Crippen LogP contribution in [0.3, 0.4) is 0 Å². The van der Waals surface area contributed by atoms with Crippen molar-refractivity contribution in [3.8, 4) is 5.75 Å². The number of benzene rings is 1. The van der Waals surface area contributed by atoms with Gasteiger partial charge in [0.1, 0.15) is 11.8 Å². The quantitative estimate of drug-likeness (QED) is 0.373. The van der Waals surface area contributed by atoms with Gasteiger partial charge in [0.05, 0.1) is 12.8 Å². The van der Waals surface area contributed by atoms with Gasteiger partial charge in [-0.2, -0.15) is 0 Å². The molecule has 0 saturated heterocycles. The van der Waals surface area contributed by atoms with E-state index in [1.165, 1.54) is 14.0 Å². The Morgan fingerprint density at radius 3 is 2.63 bits per heavy atom. The van der Waals surface area contributed by atoms with E-state index < -0.39 is 23.8 Å². The van der Waals surface area contributed by atoms with Gasteiger partial charge in [-0.1, -0.05) is 6.08 Å². The molecular formula is C20H26N2O5. The molecule has 0 aliphatic rings. The molecule has 1 aromatic rings. The van der Waals surface area contributed by atoms with Crippen molar-refractivity contribution in [1.82, 2.24) is 10.2 Å². The molecule has 1 rings (SSSR count). The summed E-state index contributed by atoms with van der Waals surface area (Å²) in [5.41, 5.74) is 1.16. The SMILES string of the molecule is C=CCC/C=C/Oc1ccc(C(=O)NCC(=O)N(C)[C@@H](C)C(=O)O)cc1C. The molecule has 0 radical (unpaired) electrons. The Balaban J connectivity index is 2.62. The van der Waals surface area contributed by atoms with Crippen molar-refractivity contribution < 1.29 is 24.2 Å². The highest BCUT2D eigenvalue weighted by Crippen LogP contribution is 2.19. The molecule has 0 saturated carbocycles. The number of rotatable bonds is 10. The normalized spacial score (nSPS) is 11.7. The smallest absolute Gasteiger partial charge is 0.326 e. The number of hydrogen-bond acceptors (Lipinski definition) is 4. The van der Waals surface area contributed by atoms with Gasteiger partial charge in [0.2, 0.25) is 5.91 Å². The van der Waals surface area contributed by atoms with Gasteiger partial charge in [-0.25, -0.2) is 4.79 Å². The number of aryl methyl sites for hydroxylation is 1. The summed E-state index contributed by atoms with van der Waals surface area (Å²) in [4.78, 5) is 36.1. The second-order valence-corrected chi connectivity index (χ2v) is 6.04. The molecule has 27 heavy (non-hydrogen) atoms. The zero-order valence-corrected chi connectivity index (χ0v) is 15.9. The largest absolute Gasteiger partial charge is 0.480 e. The number of amides is 2. The first kappa shape index (κ1) is 22.0. The van der Waals surface area contributed by atoms with Crippen LogP contribution in [0.5, 0.6) is 5.75 Å². The number of carbonyl (C=O) groups excluding carboxylic acids is 2. The van der Waals surface area contributed by atoms with Crippen molar-refractivity contribution in [3.05, 3.63) is 54.3 Å². The van der Waals surface area contributed by atoms with Crippen LogP contribution in [-0.2, 0) is 9.59 Å². The molecule has 146 valence electrons. The van der Waals surface area contributed by atoms with Crippen LogP contribution in [0, 0.1) is 6.92 Å². The summed E-state index contributed by atoms with van der Waals surface area (Å²) in [6.45, 7) is 6.58. The number of carboxylic acid groups (broad SMARTS) is 1. The molecule has 7 heteroatoms. The minimum Gasteiger partial charge on any atom is -0.480 e. The molecule has 0 bridgehead atoms. The van der Waals surface area contributed by atoms with Crippen molar-refractivity contribution in [3.63, 3.8) is 0 Å². The van der Waals surface area contributed by atoms with Crippen LogP contribution in [0.25, 0.3) is 0 Å². The third-order valence-electron chi connectivity index (χ3n) is 4.00. The molecular weight excluding hydrogens is 348 g/mol. The molecule has 0 aliphatic heterocycles. The molecule has 1 aromatic carbocycles. The van der Waals surface area contributed by atoms with E-state index in [0.29, 0.717) is 11.3 Å². The number of hydrogen-bond donors (Lipinski definition) is 2. The van der Waals surface area contributed by atoms with Crippen LogP contribution in [-0.4, -0.2) is 47.4 Å². The lowest BCUT2D eigenvalue weighted by molar-refractivity contribution is -0.147. The monoisotopic (exact) mass is 374 g/mol. The van der Waals surface area contributed by atoms with E-state index >= 15 is 0 Å². The Bertz CT molecular complexity index is 727. The van der Waals surface area contributed by atoms with E-state index in [2.05, 4.69) is 11.9 Å². The highest BCUT2D eigenvalue weighted by Gasteiger charge is 2.22. The van der Waals surface area contributed by atoms with Crippen LogP contribution in [0.1, 0.15) is 35.7 Å². The van der Waals surface area contributed by atoms with Crippen LogP contribution in [0.15, 0.2) is 43.2 Å². The lowest BCUT2D eigenvalue weighted by Crippen LogP contribution is -2.45. The van der Waals surface area contributed by atoms with Crippen LogP contribution >= 0.6 is 0 Å². The molecule has 1 atom stereocenters. The predicted molar refractivity (Wildman–Crippen MR) is 103 cm³/mol. The van der Waals surface area contributed by atoms with E-state index in [9.17, 15) is 14.4 Å². The second kappa shape index (κ2) is 10.8. The number of nitrogens with zero attached hydrogens (tertiary/aromatic N) is 1. The molecule has 7 nitrogen and oxygen atoms in total. The zero-order chi connectivity index (χ0) is 20.4. The predicted octanol–water partition coefficient (Wildman–Crippen LogP) is 2.52. The van der Waals surface area contributed by atoms with E-state index in [4.69, 9.17) is 9.84 Å². The Labute approximate surface area is 159 Å². The first-order chi connectivity index (χ1) is 12.8. The summed E-state index contributed by atoms with van der Waals surface area (Å²) >= 11 is 0. The molecule has 0 unspecified atom stereocenters. The van der Waals surface area contributed by atoms with Gasteiger partial charge in [0.25, 0.3) is 5.91 Å². The average Bonchev–Trinajstić information content (AvgIpc) is 2.65. The third-order valence-corrected chi connectivity index (χ3v) is 4.00. The number of ether oxygens (including phenoxy) is 1. The summed E-state index contributed by atoms with van der Waals surface area (Å²) in [7, 11) is 1.38. The van der Waals surface area contributed by atoms with Crippen molar-refractivity contribution >= 4 is 17.8 Å². The van der Waals surface area contributed by atoms with Gasteiger partial charge in [-0.05, 0) is 56.5 Å². The summed E-state index contributed by atoms with van der Waals surface area (Å²) in [5.74, 6) is -1.38. The molecule has 2 amide bonds. The summed E-state index contributed by atoms with van der Waals surface area (Å²) < 4.78 is 5.53. The number of aliphatic carboxylic acids is 1. The van der Waals surface area contributed by atoms with Crippen molar-refractivity contribution in [2.24, 2.45) is 0 Å². The van der Waals surface area contributed by atoms with Crippen LogP contribution in [0.4, 0.5) is 0 Å². The third kappa shape index (κ3) is 6.97. The van der Waals surface area contributed by atoms with Gasteiger partial charge in [0, 0.05) is 12.6 Å². The van der Waals surface area contributed by atoms with Gasteiger partial charge >= 0.3 is 5.97 Å². The Morgan fingerprint density at radius 1 is 1.33 bits per heavy atom. The maximum Gasteiger partial charge on any atom is 0.326 e. The fourth-order valence-electron chi connectivity index (χ4n) is 2.09. The number of carbonyl (C=O) groups is 3. The number of likely N-dealkylation sites (N-methyl/N-ethyl adjacent to an activating group) is 1. The number of unbranched alkanes of at least 4 members (excludes halogenated alkanes) is 1. The van der Waals surface area contributed by atoms with Crippen molar-refractivity contribution in [1.29, 1.82) is 0 Å². The Morgan fingerprint density at radius 2 is 2.04 bits per heavy atom. The number of nitrogens with one attached hydrogen (secondary N) is 1. The lowest BCUT2D eigenvalue weighted by atomic mass is 10.1. The molecule has 0 fully saturated rings. The Hall–Kier alpha value is -3.09. The molecule has 0 spiro atoms. The first-order valence-corrected chi connectivity index (χ1v) is 8.57. The highest BCUT2D eigenvalue weighted by atomic mass is 16.5. The minimum atomic E-state index is -1.11. The zero-order valence-electron chi connectivity index (χ0n) is 15.9. The molecule has 2 N–H and O–H groups in total. The fourth-order valence-corrected chi connectivity index (χ4v) is 2.09. The van der Waals surface area contributed by atoms with Crippen molar-refractivity contribution in [2.75, 3.05) is 13.6 Å². The molecule has 0 aromatic heterocycles. The first-order valence-electron chi connectivity index (χ1n) is 8.57. The van der Waals surface area contributed by atoms with Gasteiger partial charge < -0.3 is 20.1 Å².